The van der Waals surface area contributed by atoms with Gasteiger partial charge in [0.2, 0.25) is 0 Å². The maximum absolute atomic E-state index is 15.4. The lowest BCUT2D eigenvalue weighted by Crippen LogP contribution is -2.38. The molecule has 3 aromatic heterocycles. The summed E-state index contributed by atoms with van der Waals surface area (Å²) in [5.74, 6) is -1.50. The number of hydrogen-bond acceptors (Lipinski definition) is 6. The van der Waals surface area contributed by atoms with Gasteiger partial charge in [0.05, 0.1) is 17.3 Å². The number of anilines is 1. The normalized spacial score (nSPS) is 18.0. The predicted octanol–water partition coefficient (Wildman–Crippen LogP) is 6.80. The number of carbonyl (C=O) groups excluding carboxylic acids is 1. The number of aryl methyl sites for hydroxylation is 1. The Morgan fingerprint density at radius 3 is 2.46 bits per heavy atom. The molecular formula is C36H30F7N7O2. The first-order valence-corrected chi connectivity index (χ1v) is 16.3. The second-order valence-corrected chi connectivity index (χ2v) is 13.3. The Kier molecular flexibility index (Phi) is 8.32. The lowest BCUT2D eigenvalue weighted by Gasteiger charge is -2.30. The van der Waals surface area contributed by atoms with Crippen molar-refractivity contribution in [2.24, 2.45) is 13.0 Å². The average Bonchev–Trinajstić information content (AvgIpc) is 3.66. The molecule has 0 aliphatic heterocycles. The lowest BCUT2D eigenvalue weighted by molar-refractivity contribution is -0.142. The Labute approximate surface area is 291 Å². The fraction of sp³-hybridized carbons (Fsp3) is 0.333. The molecule has 0 radical (unpaired) electrons. The van der Waals surface area contributed by atoms with E-state index < -0.39 is 77.1 Å². The molecule has 2 aromatic carbocycles. The quantitative estimate of drug-likeness (QED) is 0.135. The van der Waals surface area contributed by atoms with Crippen molar-refractivity contribution in [3.8, 4) is 23.0 Å². The van der Waals surface area contributed by atoms with Gasteiger partial charge in [0.15, 0.2) is 11.5 Å². The molecule has 2 atom stereocenters. The number of nitrogens with one attached hydrogen (secondary N) is 1. The van der Waals surface area contributed by atoms with Crippen LogP contribution in [0.5, 0.6) is 0 Å². The molecule has 4 N–H and O–H groups in total. The summed E-state index contributed by atoms with van der Waals surface area (Å²) in [5.41, 5.74) is 2.76. The number of para-hydroxylation sites is 1. The summed E-state index contributed by atoms with van der Waals surface area (Å²) in [6, 6.07) is 7.97. The van der Waals surface area contributed by atoms with Crippen molar-refractivity contribution in [1.29, 1.82) is 0 Å². The monoisotopic (exact) mass is 725 g/mol. The number of amides is 1. The van der Waals surface area contributed by atoms with Crippen LogP contribution in [0.25, 0.3) is 22.0 Å². The minimum Gasteiger partial charge on any atom is -0.382 e. The van der Waals surface area contributed by atoms with E-state index >= 15 is 8.78 Å². The number of fused-ring (bicyclic) bond motifs is 2. The van der Waals surface area contributed by atoms with E-state index in [0.29, 0.717) is 40.9 Å². The van der Waals surface area contributed by atoms with E-state index in [2.05, 4.69) is 27.4 Å². The molecule has 1 saturated carbocycles. The highest BCUT2D eigenvalue weighted by molar-refractivity contribution is 6.00. The third-order valence-corrected chi connectivity index (χ3v) is 9.59. The van der Waals surface area contributed by atoms with Crippen molar-refractivity contribution >= 4 is 22.8 Å². The number of nitrogens with two attached hydrogens (primary N) is 1. The number of alkyl halides is 5. The number of nitrogen functional groups attached to an aromatic ring is 1. The number of aromatic nitrogens is 5. The SMILES string of the molecule is C[C@@H]1Cc2c(C(F)(F)F)nn(C(=O)NC(Cc3cc(F)cc(F)c3)c3nc(C#CC4(O)CCC4)ccc3-c3cccc4c(N)nn(C)c34)c2C1(F)F. The van der Waals surface area contributed by atoms with Crippen LogP contribution in [0.2, 0.25) is 0 Å². The number of aliphatic hydroxyl groups is 1. The second kappa shape index (κ2) is 12.4. The zero-order chi connectivity index (χ0) is 37.3. The van der Waals surface area contributed by atoms with Crippen molar-refractivity contribution in [2.75, 3.05) is 5.73 Å². The Morgan fingerprint density at radius 1 is 1.10 bits per heavy atom. The zero-order valence-electron chi connectivity index (χ0n) is 27.6. The Bertz CT molecular complexity index is 2300. The van der Waals surface area contributed by atoms with Gasteiger partial charge in [0, 0.05) is 41.1 Å². The van der Waals surface area contributed by atoms with Gasteiger partial charge in [0.1, 0.15) is 28.6 Å². The fourth-order valence-electron chi connectivity index (χ4n) is 6.86. The van der Waals surface area contributed by atoms with E-state index in [9.17, 15) is 31.9 Å². The molecule has 0 spiro atoms. The Hall–Kier alpha value is -5.43. The number of halogens is 7. The zero-order valence-corrected chi connectivity index (χ0v) is 27.6. The first-order valence-electron chi connectivity index (χ1n) is 16.3. The minimum atomic E-state index is -5.15. The van der Waals surface area contributed by atoms with Crippen LogP contribution in [0.4, 0.5) is 41.3 Å². The molecule has 9 nitrogen and oxygen atoms in total. The average molecular weight is 726 g/mol. The minimum absolute atomic E-state index is 0.000528. The van der Waals surface area contributed by atoms with Crippen molar-refractivity contribution in [1.82, 2.24) is 29.9 Å². The van der Waals surface area contributed by atoms with E-state index in [4.69, 9.17) is 10.7 Å². The summed E-state index contributed by atoms with van der Waals surface area (Å²) >= 11 is 0. The van der Waals surface area contributed by atoms with Gasteiger partial charge in [-0.1, -0.05) is 25.0 Å². The van der Waals surface area contributed by atoms with Gasteiger partial charge in [-0.2, -0.15) is 36.8 Å². The molecule has 0 saturated heterocycles. The molecule has 2 aliphatic rings. The molecule has 3 heterocycles. The highest BCUT2D eigenvalue weighted by Crippen LogP contribution is 2.49. The van der Waals surface area contributed by atoms with Crippen LogP contribution >= 0.6 is 0 Å². The third kappa shape index (κ3) is 6.12. The topological polar surface area (TPSA) is 124 Å². The first kappa shape index (κ1) is 35.0. The number of rotatable bonds is 5. The van der Waals surface area contributed by atoms with Crippen molar-refractivity contribution in [3.05, 3.63) is 94.1 Å². The molecule has 1 amide bonds. The number of nitrogens with zero attached hydrogens (tertiary/aromatic N) is 5. The maximum Gasteiger partial charge on any atom is 0.435 e. The fourth-order valence-corrected chi connectivity index (χ4v) is 6.86. The second-order valence-electron chi connectivity index (χ2n) is 13.3. The molecular weight excluding hydrogens is 695 g/mol. The first-order chi connectivity index (χ1) is 24.4. The summed E-state index contributed by atoms with van der Waals surface area (Å²) in [6.45, 7) is 1.07. The van der Waals surface area contributed by atoms with Crippen molar-refractivity contribution in [3.63, 3.8) is 0 Å². The predicted molar refractivity (Wildman–Crippen MR) is 175 cm³/mol. The van der Waals surface area contributed by atoms with Gasteiger partial charge in [-0.15, -0.1) is 0 Å². The number of hydrogen-bond donors (Lipinski definition) is 3. The summed E-state index contributed by atoms with van der Waals surface area (Å²) in [7, 11) is 1.64. The molecule has 0 bridgehead atoms. The van der Waals surface area contributed by atoms with Crippen LogP contribution in [0, 0.1) is 29.4 Å². The molecule has 2 aliphatic carbocycles. The van der Waals surface area contributed by atoms with Gasteiger partial charge in [-0.25, -0.2) is 18.6 Å². The highest BCUT2D eigenvalue weighted by atomic mass is 19.4. The van der Waals surface area contributed by atoms with Gasteiger partial charge in [-0.05, 0) is 73.9 Å². The van der Waals surface area contributed by atoms with Gasteiger partial charge >= 0.3 is 12.2 Å². The number of pyridine rings is 1. The molecule has 52 heavy (non-hydrogen) atoms. The van der Waals surface area contributed by atoms with Crippen LogP contribution in [0.15, 0.2) is 48.5 Å². The van der Waals surface area contributed by atoms with E-state index in [1.807, 2.05) is 0 Å². The van der Waals surface area contributed by atoms with E-state index in [1.54, 1.807) is 37.4 Å². The standard InChI is InChI=1S/C36H30F7N7O2/c1-18-13-26-30(36(41,42)43)47-50(31(26)35(18,39)40)33(51)46-27(16-19-14-20(37)17-21(38)15-19)28-23(8-7-22(45-28)9-12-34(52)10-4-11-34)24-5-3-6-25-29(24)49(2)48-32(25)44/h3,5-8,14-15,17-18,27,52H,4,10-11,13,16H2,1-2H3,(H2,44,48)(H,46,51)/t18-,27?/m1/s1. The largest absolute Gasteiger partial charge is 0.435 e. The van der Waals surface area contributed by atoms with E-state index in [0.717, 1.165) is 25.5 Å². The lowest BCUT2D eigenvalue weighted by atomic mass is 9.81. The molecule has 1 unspecified atom stereocenters. The van der Waals surface area contributed by atoms with Crippen LogP contribution in [-0.2, 0) is 32.0 Å². The van der Waals surface area contributed by atoms with Gasteiger partial charge < -0.3 is 16.2 Å². The van der Waals surface area contributed by atoms with E-state index in [1.165, 1.54) is 4.68 Å². The van der Waals surface area contributed by atoms with Crippen LogP contribution < -0.4 is 11.1 Å². The summed E-state index contributed by atoms with van der Waals surface area (Å²) in [5, 5.41) is 21.3. The van der Waals surface area contributed by atoms with Crippen molar-refractivity contribution in [2.45, 2.75) is 62.8 Å². The molecule has 5 aromatic rings. The molecule has 270 valence electrons. The van der Waals surface area contributed by atoms with Gasteiger partial charge in [-0.3, -0.25) is 4.68 Å². The van der Waals surface area contributed by atoms with Crippen LogP contribution in [0.3, 0.4) is 0 Å². The maximum atomic E-state index is 15.4. The summed E-state index contributed by atoms with van der Waals surface area (Å²) in [4.78, 5) is 18.7. The van der Waals surface area contributed by atoms with Gasteiger partial charge in [0.25, 0.3) is 5.92 Å². The molecule has 1 fully saturated rings. The number of carbonyl (C=O) groups is 1. The van der Waals surface area contributed by atoms with Crippen LogP contribution in [0.1, 0.15) is 66.1 Å². The third-order valence-electron chi connectivity index (χ3n) is 9.59. The van der Waals surface area contributed by atoms with Crippen LogP contribution in [-0.4, -0.2) is 41.3 Å². The summed E-state index contributed by atoms with van der Waals surface area (Å²) < 4.78 is 103. The Balaban J connectivity index is 1.42. The van der Waals surface area contributed by atoms with E-state index in [-0.39, 0.29) is 27.5 Å². The smallest absolute Gasteiger partial charge is 0.382 e. The molecule has 16 heteroatoms. The van der Waals surface area contributed by atoms with Crippen molar-refractivity contribution < 1.29 is 40.6 Å². The molecule has 7 rings (SSSR count). The number of benzene rings is 2. The highest BCUT2D eigenvalue weighted by Gasteiger charge is 2.55. The Morgan fingerprint density at radius 2 is 1.81 bits per heavy atom. The summed E-state index contributed by atoms with van der Waals surface area (Å²) in [6.07, 6.45) is -4.58.